The zero-order valence-electron chi connectivity index (χ0n) is 8.47. The molecule has 0 saturated carbocycles. The average Bonchev–Trinajstić information content (AvgIpc) is 2.11. The molecule has 0 aliphatic rings. The fourth-order valence-electron chi connectivity index (χ4n) is 1.33. The molecule has 1 unspecified atom stereocenters. The molecule has 0 aromatic heterocycles. The summed E-state index contributed by atoms with van der Waals surface area (Å²) >= 11 is 5.59. The first-order valence-corrected chi connectivity index (χ1v) is 5.08. The molecule has 4 heteroatoms. The third kappa shape index (κ3) is 3.61. The van der Waals surface area contributed by atoms with Crippen molar-refractivity contribution in [3.8, 4) is 0 Å². The molecular weight excluding hydrogens is 217 g/mol. The van der Waals surface area contributed by atoms with E-state index in [9.17, 15) is 9.18 Å². The van der Waals surface area contributed by atoms with Crippen LogP contribution in [0.15, 0.2) is 18.2 Å². The second-order valence-electron chi connectivity index (χ2n) is 3.61. The van der Waals surface area contributed by atoms with Crippen LogP contribution in [0.25, 0.3) is 0 Å². The summed E-state index contributed by atoms with van der Waals surface area (Å²) in [5, 5.41) is 0.0427. The molecule has 15 heavy (non-hydrogen) atoms. The van der Waals surface area contributed by atoms with Gasteiger partial charge in [-0.05, 0) is 18.6 Å². The number of carbonyl (C=O) groups is 1. The Kier molecular flexibility index (Phi) is 4.24. The Labute approximate surface area is 93.2 Å². The molecule has 0 amide bonds. The number of nitrogens with two attached hydrogens (primary N) is 1. The second kappa shape index (κ2) is 5.24. The highest BCUT2D eigenvalue weighted by atomic mass is 35.5. The highest BCUT2D eigenvalue weighted by molar-refractivity contribution is 6.30. The zero-order chi connectivity index (χ0) is 11.4. The molecule has 0 saturated heterocycles. The van der Waals surface area contributed by atoms with Crippen molar-refractivity contribution in [1.82, 2.24) is 0 Å². The van der Waals surface area contributed by atoms with Crippen LogP contribution >= 0.6 is 11.6 Å². The smallest absolute Gasteiger partial charge is 0.145 e. The van der Waals surface area contributed by atoms with E-state index in [1.807, 2.05) is 0 Å². The molecule has 0 heterocycles. The van der Waals surface area contributed by atoms with Gasteiger partial charge in [0.15, 0.2) is 0 Å². The van der Waals surface area contributed by atoms with Crippen molar-refractivity contribution in [2.75, 3.05) is 0 Å². The van der Waals surface area contributed by atoms with Crippen molar-refractivity contribution in [2.24, 2.45) is 5.73 Å². The van der Waals surface area contributed by atoms with Crippen molar-refractivity contribution >= 4 is 17.4 Å². The van der Waals surface area contributed by atoms with Gasteiger partial charge < -0.3 is 5.73 Å². The van der Waals surface area contributed by atoms with E-state index in [1.165, 1.54) is 6.07 Å². The first kappa shape index (κ1) is 12.1. The molecule has 0 aliphatic carbocycles. The minimum atomic E-state index is -0.516. The maximum Gasteiger partial charge on any atom is 0.145 e. The molecule has 1 rings (SSSR count). The van der Waals surface area contributed by atoms with Crippen LogP contribution in [0.1, 0.15) is 18.9 Å². The first-order chi connectivity index (χ1) is 7.00. The van der Waals surface area contributed by atoms with E-state index < -0.39 is 5.82 Å². The summed E-state index contributed by atoms with van der Waals surface area (Å²) in [5.74, 6) is -0.594. The van der Waals surface area contributed by atoms with Gasteiger partial charge in [-0.15, -0.1) is 0 Å². The lowest BCUT2D eigenvalue weighted by Gasteiger charge is -2.05. The molecule has 2 nitrogen and oxygen atoms in total. The topological polar surface area (TPSA) is 43.1 Å². The maximum absolute atomic E-state index is 13.4. The Morgan fingerprint density at radius 3 is 2.87 bits per heavy atom. The Hall–Kier alpha value is -0.930. The third-order valence-corrected chi connectivity index (χ3v) is 2.26. The largest absolute Gasteiger partial charge is 0.328 e. The van der Waals surface area contributed by atoms with Gasteiger partial charge in [0.1, 0.15) is 11.6 Å². The number of halogens is 2. The molecular formula is C11H13ClFNO. The van der Waals surface area contributed by atoms with Crippen LogP contribution in [0.4, 0.5) is 4.39 Å². The number of rotatable bonds is 4. The number of hydrogen-bond acceptors (Lipinski definition) is 2. The van der Waals surface area contributed by atoms with Crippen molar-refractivity contribution in [2.45, 2.75) is 25.8 Å². The maximum atomic E-state index is 13.4. The van der Waals surface area contributed by atoms with Gasteiger partial charge in [0, 0.05) is 18.9 Å². The summed E-state index contributed by atoms with van der Waals surface area (Å²) in [6.45, 7) is 1.74. The number of benzene rings is 1. The molecule has 82 valence electrons. The van der Waals surface area contributed by atoms with Crippen molar-refractivity contribution < 1.29 is 9.18 Å². The summed E-state index contributed by atoms with van der Waals surface area (Å²) in [6, 6.07) is 4.44. The van der Waals surface area contributed by atoms with Gasteiger partial charge >= 0.3 is 0 Å². The fourth-order valence-corrected chi connectivity index (χ4v) is 1.52. The molecule has 1 aromatic carbocycles. The van der Waals surface area contributed by atoms with E-state index in [0.29, 0.717) is 5.56 Å². The standard InChI is InChI=1S/C11H13ClFNO/c1-7(14)5-9(15)6-8-3-2-4-10(12)11(8)13/h2-4,7H,5-6,14H2,1H3. The SMILES string of the molecule is CC(N)CC(=O)Cc1cccc(Cl)c1F. The first-order valence-electron chi connectivity index (χ1n) is 4.71. The van der Waals surface area contributed by atoms with E-state index in [0.717, 1.165) is 0 Å². The third-order valence-electron chi connectivity index (χ3n) is 1.97. The van der Waals surface area contributed by atoms with Crippen LogP contribution in [0.5, 0.6) is 0 Å². The van der Waals surface area contributed by atoms with Gasteiger partial charge in [-0.3, -0.25) is 4.79 Å². The van der Waals surface area contributed by atoms with E-state index >= 15 is 0 Å². The Morgan fingerprint density at radius 1 is 1.60 bits per heavy atom. The summed E-state index contributed by atoms with van der Waals surface area (Å²) in [6.07, 6.45) is 0.305. The molecule has 1 aromatic rings. The van der Waals surface area contributed by atoms with Crippen LogP contribution in [-0.2, 0) is 11.2 Å². The molecule has 0 aliphatic heterocycles. The molecule has 0 spiro atoms. The minimum Gasteiger partial charge on any atom is -0.328 e. The second-order valence-corrected chi connectivity index (χ2v) is 4.02. The zero-order valence-corrected chi connectivity index (χ0v) is 9.22. The Bertz CT molecular complexity index is 366. The fraction of sp³-hybridized carbons (Fsp3) is 0.364. The summed E-state index contributed by atoms with van der Waals surface area (Å²) < 4.78 is 13.4. The van der Waals surface area contributed by atoms with Gasteiger partial charge in [-0.25, -0.2) is 4.39 Å². The van der Waals surface area contributed by atoms with Gasteiger partial charge in [-0.2, -0.15) is 0 Å². The minimum absolute atomic E-state index is 0.0427. The van der Waals surface area contributed by atoms with Crippen molar-refractivity contribution in [1.29, 1.82) is 0 Å². The lowest BCUT2D eigenvalue weighted by molar-refractivity contribution is -0.118. The number of ketones is 1. The van der Waals surface area contributed by atoms with E-state index in [1.54, 1.807) is 19.1 Å². The van der Waals surface area contributed by atoms with Crippen molar-refractivity contribution in [3.05, 3.63) is 34.6 Å². The quantitative estimate of drug-likeness (QED) is 0.861. The van der Waals surface area contributed by atoms with Crippen LogP contribution < -0.4 is 5.73 Å². The number of carbonyl (C=O) groups excluding carboxylic acids is 1. The molecule has 0 radical (unpaired) electrons. The van der Waals surface area contributed by atoms with Gasteiger partial charge in [0.2, 0.25) is 0 Å². The number of hydrogen-bond donors (Lipinski definition) is 1. The van der Waals surface area contributed by atoms with Crippen LogP contribution in [-0.4, -0.2) is 11.8 Å². The summed E-state index contributed by atoms with van der Waals surface area (Å²) in [7, 11) is 0. The van der Waals surface area contributed by atoms with Gasteiger partial charge in [0.25, 0.3) is 0 Å². The summed E-state index contributed by atoms with van der Waals surface area (Å²) in [4.78, 5) is 11.4. The van der Waals surface area contributed by atoms with Gasteiger partial charge in [-0.1, -0.05) is 23.7 Å². The normalized spacial score (nSPS) is 12.5. The van der Waals surface area contributed by atoms with E-state index in [2.05, 4.69) is 0 Å². The van der Waals surface area contributed by atoms with Crippen LogP contribution in [0.3, 0.4) is 0 Å². The predicted molar refractivity (Wildman–Crippen MR) is 58.4 cm³/mol. The molecule has 0 fully saturated rings. The average molecular weight is 230 g/mol. The van der Waals surface area contributed by atoms with E-state index in [4.69, 9.17) is 17.3 Å². The predicted octanol–water partition coefficient (Wildman–Crippen LogP) is 2.33. The number of Topliss-reactive ketones (excluding diaryl/α,β-unsaturated/α-hetero) is 1. The summed E-state index contributed by atoms with van der Waals surface area (Å²) in [5.41, 5.74) is 5.80. The lowest BCUT2D eigenvalue weighted by Crippen LogP contribution is -2.20. The van der Waals surface area contributed by atoms with Crippen LogP contribution in [0.2, 0.25) is 5.02 Å². The molecule has 1 atom stereocenters. The van der Waals surface area contributed by atoms with E-state index in [-0.39, 0.29) is 29.7 Å². The Morgan fingerprint density at radius 2 is 2.27 bits per heavy atom. The monoisotopic (exact) mass is 229 g/mol. The van der Waals surface area contributed by atoms with Crippen molar-refractivity contribution in [3.63, 3.8) is 0 Å². The van der Waals surface area contributed by atoms with Crippen LogP contribution in [0, 0.1) is 5.82 Å². The highest BCUT2D eigenvalue weighted by Gasteiger charge is 2.11. The molecule has 2 N–H and O–H groups in total. The lowest BCUT2D eigenvalue weighted by atomic mass is 10.0. The highest BCUT2D eigenvalue weighted by Crippen LogP contribution is 2.18. The molecule has 0 bridgehead atoms. The van der Waals surface area contributed by atoms with Gasteiger partial charge in [0.05, 0.1) is 5.02 Å². The Balaban J connectivity index is 2.73.